The third-order valence-electron chi connectivity index (χ3n) is 3.10. The Balaban J connectivity index is 2.04. The smallest absolute Gasteiger partial charge is 0.132 e. The van der Waals surface area contributed by atoms with Crippen LogP contribution in [0.15, 0.2) is 30.5 Å². The van der Waals surface area contributed by atoms with Gasteiger partial charge in [-0.2, -0.15) is 0 Å². The van der Waals surface area contributed by atoms with Crippen molar-refractivity contribution in [3.63, 3.8) is 0 Å². The number of nitrogens with zero attached hydrogens (tertiary/aromatic N) is 3. The highest BCUT2D eigenvalue weighted by molar-refractivity contribution is 5.59. The van der Waals surface area contributed by atoms with Gasteiger partial charge in [-0.15, -0.1) is 5.10 Å². The maximum Gasteiger partial charge on any atom is 0.132 e. The fraction of sp³-hybridized carbons (Fsp3) is 0.333. The van der Waals surface area contributed by atoms with Gasteiger partial charge in [0.25, 0.3) is 0 Å². The van der Waals surface area contributed by atoms with Crippen LogP contribution < -0.4 is 5.32 Å². The summed E-state index contributed by atoms with van der Waals surface area (Å²) in [5.41, 5.74) is 1.31. The predicted molar refractivity (Wildman–Crippen MR) is 61.9 cm³/mol. The Morgan fingerprint density at radius 2 is 2.24 bits per heavy atom. The van der Waals surface area contributed by atoms with Crippen LogP contribution >= 0.6 is 0 Å². The number of halogens is 1. The van der Waals surface area contributed by atoms with Gasteiger partial charge < -0.3 is 5.32 Å². The SMILES string of the molecule is Fc1ccccc1-c1cnnn1C1CCNC1. The van der Waals surface area contributed by atoms with Crippen LogP contribution in [0.3, 0.4) is 0 Å². The molecular weight excluding hydrogens is 219 g/mol. The summed E-state index contributed by atoms with van der Waals surface area (Å²) in [5.74, 6) is -0.234. The molecule has 1 aromatic carbocycles. The highest BCUT2D eigenvalue weighted by Crippen LogP contribution is 2.25. The standard InChI is InChI=1S/C12H13FN4/c13-11-4-2-1-3-10(11)12-8-15-16-17(12)9-5-6-14-7-9/h1-4,8-9,14H,5-7H2. The first-order valence-corrected chi connectivity index (χ1v) is 5.72. The van der Waals surface area contributed by atoms with E-state index in [1.165, 1.54) is 6.07 Å². The molecule has 1 saturated heterocycles. The van der Waals surface area contributed by atoms with Gasteiger partial charge in [-0.3, -0.25) is 0 Å². The average Bonchev–Trinajstić information content (AvgIpc) is 3.00. The van der Waals surface area contributed by atoms with Crippen LogP contribution in [0.25, 0.3) is 11.3 Å². The van der Waals surface area contributed by atoms with E-state index in [2.05, 4.69) is 15.6 Å². The van der Waals surface area contributed by atoms with E-state index in [0.717, 1.165) is 25.2 Å². The highest BCUT2D eigenvalue weighted by Gasteiger charge is 2.21. The monoisotopic (exact) mass is 232 g/mol. The summed E-state index contributed by atoms with van der Waals surface area (Å²) in [6.07, 6.45) is 2.63. The van der Waals surface area contributed by atoms with E-state index in [0.29, 0.717) is 5.56 Å². The van der Waals surface area contributed by atoms with E-state index >= 15 is 0 Å². The summed E-state index contributed by atoms with van der Waals surface area (Å²) in [4.78, 5) is 0. The Hall–Kier alpha value is -1.75. The van der Waals surface area contributed by atoms with Crippen molar-refractivity contribution < 1.29 is 4.39 Å². The molecule has 4 nitrogen and oxygen atoms in total. The molecule has 0 aliphatic carbocycles. The Kier molecular flexibility index (Phi) is 2.60. The molecule has 3 rings (SSSR count). The van der Waals surface area contributed by atoms with Crippen molar-refractivity contribution >= 4 is 0 Å². The van der Waals surface area contributed by atoms with Gasteiger partial charge in [-0.25, -0.2) is 9.07 Å². The molecule has 17 heavy (non-hydrogen) atoms. The van der Waals surface area contributed by atoms with E-state index in [9.17, 15) is 4.39 Å². The summed E-state index contributed by atoms with van der Waals surface area (Å²) < 4.78 is 15.6. The van der Waals surface area contributed by atoms with E-state index in [-0.39, 0.29) is 11.9 Å². The summed E-state index contributed by atoms with van der Waals surface area (Å²) in [6.45, 7) is 1.84. The minimum atomic E-state index is -0.234. The third-order valence-corrected chi connectivity index (χ3v) is 3.10. The molecule has 1 aliphatic rings. The summed E-state index contributed by atoms with van der Waals surface area (Å²) in [7, 11) is 0. The zero-order valence-electron chi connectivity index (χ0n) is 9.31. The largest absolute Gasteiger partial charge is 0.315 e. The van der Waals surface area contributed by atoms with Crippen molar-refractivity contribution in [2.24, 2.45) is 0 Å². The van der Waals surface area contributed by atoms with Crippen LogP contribution in [0, 0.1) is 5.82 Å². The van der Waals surface area contributed by atoms with Crippen LogP contribution in [-0.4, -0.2) is 28.1 Å². The maximum absolute atomic E-state index is 13.7. The second-order valence-corrected chi connectivity index (χ2v) is 4.19. The molecule has 1 fully saturated rings. The van der Waals surface area contributed by atoms with Crippen molar-refractivity contribution in [1.82, 2.24) is 20.3 Å². The molecule has 0 bridgehead atoms. The predicted octanol–water partition coefficient (Wildman–Crippen LogP) is 1.62. The molecule has 0 spiro atoms. The molecule has 2 heterocycles. The number of hydrogen-bond acceptors (Lipinski definition) is 3. The van der Waals surface area contributed by atoms with Crippen molar-refractivity contribution in [3.8, 4) is 11.3 Å². The number of benzene rings is 1. The Morgan fingerprint density at radius 3 is 3.00 bits per heavy atom. The minimum Gasteiger partial charge on any atom is -0.315 e. The van der Waals surface area contributed by atoms with Crippen LogP contribution in [0.5, 0.6) is 0 Å². The Morgan fingerprint density at radius 1 is 1.35 bits per heavy atom. The van der Waals surface area contributed by atoms with Gasteiger partial charge in [-0.1, -0.05) is 17.3 Å². The van der Waals surface area contributed by atoms with Gasteiger partial charge in [0.2, 0.25) is 0 Å². The van der Waals surface area contributed by atoms with Gasteiger partial charge >= 0.3 is 0 Å². The fourth-order valence-corrected chi connectivity index (χ4v) is 2.22. The molecule has 5 heteroatoms. The Bertz CT molecular complexity index is 517. The van der Waals surface area contributed by atoms with Crippen LogP contribution in [0.2, 0.25) is 0 Å². The molecular formula is C12H13FN4. The molecule has 2 aromatic rings. The number of rotatable bonds is 2. The van der Waals surface area contributed by atoms with E-state index in [1.54, 1.807) is 18.3 Å². The van der Waals surface area contributed by atoms with Crippen molar-refractivity contribution in [1.29, 1.82) is 0 Å². The zero-order chi connectivity index (χ0) is 11.7. The van der Waals surface area contributed by atoms with Gasteiger partial charge in [0, 0.05) is 12.1 Å². The molecule has 0 radical (unpaired) electrons. The summed E-state index contributed by atoms with van der Waals surface area (Å²) in [5, 5.41) is 11.2. The zero-order valence-corrected chi connectivity index (χ0v) is 9.31. The average molecular weight is 232 g/mol. The fourth-order valence-electron chi connectivity index (χ4n) is 2.22. The lowest BCUT2D eigenvalue weighted by molar-refractivity contribution is 0.479. The molecule has 1 atom stereocenters. The molecule has 1 unspecified atom stereocenters. The molecule has 1 aromatic heterocycles. The van der Waals surface area contributed by atoms with Gasteiger partial charge in [0.1, 0.15) is 5.82 Å². The van der Waals surface area contributed by atoms with E-state index in [1.807, 2.05) is 10.7 Å². The van der Waals surface area contributed by atoms with Crippen molar-refractivity contribution in [3.05, 3.63) is 36.3 Å². The lowest BCUT2D eigenvalue weighted by Crippen LogP contribution is -2.15. The highest BCUT2D eigenvalue weighted by atomic mass is 19.1. The quantitative estimate of drug-likeness (QED) is 0.855. The maximum atomic E-state index is 13.7. The first kappa shape index (κ1) is 10.4. The number of aromatic nitrogens is 3. The van der Waals surface area contributed by atoms with Crippen LogP contribution in [-0.2, 0) is 0 Å². The first-order chi connectivity index (χ1) is 8.36. The molecule has 0 saturated carbocycles. The normalized spacial score (nSPS) is 19.7. The Labute approximate surface area is 98.5 Å². The van der Waals surface area contributed by atoms with Gasteiger partial charge in [0.05, 0.1) is 17.9 Å². The minimum absolute atomic E-state index is 0.234. The van der Waals surface area contributed by atoms with Crippen molar-refractivity contribution in [2.45, 2.75) is 12.5 Å². The number of nitrogens with one attached hydrogen (secondary N) is 1. The third kappa shape index (κ3) is 1.82. The molecule has 1 N–H and O–H groups in total. The van der Waals surface area contributed by atoms with Crippen molar-refractivity contribution in [2.75, 3.05) is 13.1 Å². The summed E-state index contributed by atoms with van der Waals surface area (Å²) in [6, 6.07) is 6.99. The lowest BCUT2D eigenvalue weighted by Gasteiger charge is -2.12. The van der Waals surface area contributed by atoms with Crippen LogP contribution in [0.4, 0.5) is 4.39 Å². The van der Waals surface area contributed by atoms with E-state index in [4.69, 9.17) is 0 Å². The van der Waals surface area contributed by atoms with Gasteiger partial charge in [-0.05, 0) is 25.1 Å². The van der Waals surface area contributed by atoms with Gasteiger partial charge in [0.15, 0.2) is 0 Å². The molecule has 0 amide bonds. The first-order valence-electron chi connectivity index (χ1n) is 5.72. The molecule has 88 valence electrons. The van der Waals surface area contributed by atoms with Crippen LogP contribution in [0.1, 0.15) is 12.5 Å². The topological polar surface area (TPSA) is 42.7 Å². The van der Waals surface area contributed by atoms with E-state index < -0.39 is 0 Å². The lowest BCUT2D eigenvalue weighted by atomic mass is 10.1. The second kappa shape index (κ2) is 4.25. The molecule has 1 aliphatic heterocycles. The number of hydrogen-bond donors (Lipinski definition) is 1. The second-order valence-electron chi connectivity index (χ2n) is 4.19. The summed E-state index contributed by atoms with van der Waals surface area (Å²) >= 11 is 0.